The number of esters is 2. The Hall–Kier alpha value is -3.02. The van der Waals surface area contributed by atoms with Crippen LogP contribution in [0.5, 0.6) is 11.5 Å². The molecule has 2 aromatic rings. The third-order valence-corrected chi connectivity index (χ3v) is 6.30. The number of hydrogen-bond acceptors (Lipinski definition) is 6. The Balaban J connectivity index is 1.76. The van der Waals surface area contributed by atoms with Crippen molar-refractivity contribution in [2.24, 2.45) is 0 Å². The van der Waals surface area contributed by atoms with Crippen LogP contribution in [-0.4, -0.2) is 34.9 Å². The van der Waals surface area contributed by atoms with Gasteiger partial charge in [-0.2, -0.15) is 0 Å². The van der Waals surface area contributed by atoms with E-state index in [0.717, 1.165) is 19.3 Å². The van der Waals surface area contributed by atoms with Crippen LogP contribution in [-0.2, 0) is 9.47 Å². The lowest BCUT2D eigenvalue weighted by atomic mass is 10.0. The second-order valence-electron chi connectivity index (χ2n) is 9.34. The zero-order chi connectivity index (χ0) is 26.0. The van der Waals surface area contributed by atoms with Crippen LogP contribution in [0.4, 0.5) is 0 Å². The minimum Gasteiger partial charge on any atom is -0.507 e. The molecular formula is C30H42O6. The summed E-state index contributed by atoms with van der Waals surface area (Å²) in [6, 6.07) is 12.3. The minimum atomic E-state index is -0.675. The predicted octanol–water partition coefficient (Wildman–Crippen LogP) is 7.57. The molecule has 0 saturated carbocycles. The molecule has 0 heterocycles. The van der Waals surface area contributed by atoms with E-state index in [9.17, 15) is 19.8 Å². The second-order valence-corrected chi connectivity index (χ2v) is 9.34. The maximum atomic E-state index is 12.6. The molecule has 198 valence electrons. The molecule has 6 nitrogen and oxygen atoms in total. The molecule has 1 unspecified atom stereocenters. The summed E-state index contributed by atoms with van der Waals surface area (Å²) in [7, 11) is 0. The van der Waals surface area contributed by atoms with Crippen molar-refractivity contribution in [2.45, 2.75) is 96.5 Å². The van der Waals surface area contributed by atoms with E-state index in [1.807, 2.05) is 0 Å². The molecule has 0 aliphatic heterocycles. The summed E-state index contributed by atoms with van der Waals surface area (Å²) in [6.07, 6.45) is 14.6. The Bertz CT molecular complexity index is 910. The van der Waals surface area contributed by atoms with E-state index in [2.05, 4.69) is 6.92 Å². The molecule has 6 heteroatoms. The van der Waals surface area contributed by atoms with Gasteiger partial charge in [-0.3, -0.25) is 0 Å². The van der Waals surface area contributed by atoms with Gasteiger partial charge in [-0.1, -0.05) is 102 Å². The van der Waals surface area contributed by atoms with Gasteiger partial charge in [0.15, 0.2) is 0 Å². The van der Waals surface area contributed by atoms with Crippen molar-refractivity contribution < 1.29 is 29.3 Å². The first-order chi connectivity index (χ1) is 17.5. The highest BCUT2D eigenvalue weighted by Crippen LogP contribution is 2.21. The molecule has 0 spiro atoms. The van der Waals surface area contributed by atoms with E-state index < -0.39 is 18.0 Å². The second kappa shape index (κ2) is 17.4. The lowest BCUT2D eigenvalue weighted by Crippen LogP contribution is -2.25. The van der Waals surface area contributed by atoms with Crippen LogP contribution < -0.4 is 0 Å². The first-order valence-corrected chi connectivity index (χ1v) is 13.5. The first kappa shape index (κ1) is 29.2. The lowest BCUT2D eigenvalue weighted by molar-refractivity contribution is -0.00373. The van der Waals surface area contributed by atoms with Gasteiger partial charge in [0, 0.05) is 0 Å². The normalized spacial score (nSPS) is 11.7. The number of unbranched alkanes of at least 4 members (excludes halogenated alkanes) is 11. The number of para-hydroxylation sites is 2. The van der Waals surface area contributed by atoms with Crippen LogP contribution >= 0.6 is 0 Å². The van der Waals surface area contributed by atoms with Crippen LogP contribution in [0.1, 0.15) is 111 Å². The van der Waals surface area contributed by atoms with Crippen molar-refractivity contribution in [2.75, 3.05) is 6.61 Å². The Morgan fingerprint density at radius 3 is 1.61 bits per heavy atom. The number of hydrogen-bond donors (Lipinski definition) is 2. The highest BCUT2D eigenvalue weighted by molar-refractivity contribution is 5.93. The van der Waals surface area contributed by atoms with Gasteiger partial charge >= 0.3 is 11.9 Å². The monoisotopic (exact) mass is 498 g/mol. The average molecular weight is 499 g/mol. The molecule has 0 aromatic heterocycles. The maximum Gasteiger partial charge on any atom is 0.342 e. The number of phenolic OH excluding ortho intramolecular Hbond substituents is 2. The van der Waals surface area contributed by atoms with Crippen molar-refractivity contribution in [1.29, 1.82) is 0 Å². The summed E-state index contributed by atoms with van der Waals surface area (Å²) < 4.78 is 11.0. The summed E-state index contributed by atoms with van der Waals surface area (Å²) in [6.45, 7) is 2.12. The van der Waals surface area contributed by atoms with Crippen molar-refractivity contribution in [3.63, 3.8) is 0 Å². The van der Waals surface area contributed by atoms with Crippen LogP contribution in [0, 0.1) is 0 Å². The van der Waals surface area contributed by atoms with Crippen molar-refractivity contribution in [3.05, 3.63) is 59.7 Å². The number of ether oxygens (including phenoxy) is 2. The van der Waals surface area contributed by atoms with E-state index in [1.54, 1.807) is 24.3 Å². The van der Waals surface area contributed by atoms with Gasteiger partial charge in [-0.25, -0.2) is 9.59 Å². The lowest BCUT2D eigenvalue weighted by Gasteiger charge is -2.18. The molecule has 2 aromatic carbocycles. The highest BCUT2D eigenvalue weighted by atomic mass is 16.6. The van der Waals surface area contributed by atoms with Gasteiger partial charge in [0.05, 0.1) is 0 Å². The fourth-order valence-corrected chi connectivity index (χ4v) is 4.14. The SMILES string of the molecule is CCCCCCCCCCCCCCC(COC(=O)c1ccccc1O)OC(=O)c1ccccc1O. The van der Waals surface area contributed by atoms with E-state index in [4.69, 9.17) is 9.47 Å². The minimum absolute atomic E-state index is 0.0636. The molecular weight excluding hydrogens is 456 g/mol. The molecule has 1 atom stereocenters. The van der Waals surface area contributed by atoms with Crippen molar-refractivity contribution in [1.82, 2.24) is 0 Å². The van der Waals surface area contributed by atoms with Gasteiger partial charge in [0.2, 0.25) is 0 Å². The van der Waals surface area contributed by atoms with Crippen LogP contribution in [0.2, 0.25) is 0 Å². The number of benzene rings is 2. The molecule has 2 rings (SSSR count). The van der Waals surface area contributed by atoms with Gasteiger partial charge in [0.25, 0.3) is 0 Å². The summed E-state index contributed by atoms with van der Waals surface area (Å²) in [5.41, 5.74) is 0.137. The Labute approximate surface area is 215 Å². The quantitative estimate of drug-likeness (QED) is 0.163. The van der Waals surface area contributed by atoms with Crippen LogP contribution in [0.25, 0.3) is 0 Å². The largest absolute Gasteiger partial charge is 0.507 e. The number of carbonyl (C=O) groups is 2. The molecule has 0 radical (unpaired) electrons. The fourth-order valence-electron chi connectivity index (χ4n) is 4.14. The number of phenols is 2. The van der Waals surface area contributed by atoms with Crippen LogP contribution in [0.15, 0.2) is 48.5 Å². The van der Waals surface area contributed by atoms with Gasteiger partial charge in [-0.05, 0) is 37.1 Å². The summed E-state index contributed by atoms with van der Waals surface area (Å²) in [5.74, 6) is -1.65. The van der Waals surface area contributed by atoms with Crippen LogP contribution in [0.3, 0.4) is 0 Å². The fraction of sp³-hybridized carbons (Fsp3) is 0.533. The smallest absolute Gasteiger partial charge is 0.342 e. The molecule has 0 aliphatic rings. The van der Waals surface area contributed by atoms with E-state index in [0.29, 0.717) is 6.42 Å². The predicted molar refractivity (Wildman–Crippen MR) is 141 cm³/mol. The Morgan fingerprint density at radius 2 is 1.11 bits per heavy atom. The number of rotatable bonds is 18. The standard InChI is InChI=1S/C30H42O6/c1-2-3-4-5-6-7-8-9-10-11-12-13-18-24(36-30(34)26-20-15-17-22-28(26)32)23-35-29(33)25-19-14-16-21-27(25)31/h14-17,19-22,24,31-32H,2-13,18,23H2,1H3. The molecule has 2 N–H and O–H groups in total. The third-order valence-electron chi connectivity index (χ3n) is 6.30. The molecule has 0 aliphatic carbocycles. The first-order valence-electron chi connectivity index (χ1n) is 13.5. The topological polar surface area (TPSA) is 93.1 Å². The van der Waals surface area contributed by atoms with E-state index >= 15 is 0 Å². The number of aromatic hydroxyl groups is 2. The highest BCUT2D eigenvalue weighted by Gasteiger charge is 2.21. The Morgan fingerprint density at radius 1 is 0.667 bits per heavy atom. The maximum absolute atomic E-state index is 12.6. The zero-order valence-electron chi connectivity index (χ0n) is 21.6. The van der Waals surface area contributed by atoms with Gasteiger partial charge in [-0.15, -0.1) is 0 Å². The number of carbonyl (C=O) groups excluding carboxylic acids is 2. The van der Waals surface area contributed by atoms with E-state index in [-0.39, 0.29) is 29.2 Å². The summed E-state index contributed by atoms with van der Waals surface area (Å²) in [5, 5.41) is 19.8. The van der Waals surface area contributed by atoms with Gasteiger partial charge in [0.1, 0.15) is 35.3 Å². The van der Waals surface area contributed by atoms with Crippen molar-refractivity contribution >= 4 is 11.9 Å². The Kier molecular flexibility index (Phi) is 14.1. The van der Waals surface area contributed by atoms with Crippen molar-refractivity contribution in [3.8, 4) is 11.5 Å². The molecule has 0 fully saturated rings. The molecule has 0 amide bonds. The van der Waals surface area contributed by atoms with E-state index in [1.165, 1.54) is 82.1 Å². The zero-order valence-corrected chi connectivity index (χ0v) is 21.6. The molecule has 0 saturated heterocycles. The summed E-state index contributed by atoms with van der Waals surface area (Å²) in [4.78, 5) is 25.0. The summed E-state index contributed by atoms with van der Waals surface area (Å²) >= 11 is 0. The third kappa shape index (κ3) is 11.1. The average Bonchev–Trinajstić information content (AvgIpc) is 2.88. The van der Waals surface area contributed by atoms with Gasteiger partial charge < -0.3 is 19.7 Å². The molecule has 36 heavy (non-hydrogen) atoms. The molecule has 0 bridgehead atoms.